The fourth-order valence-corrected chi connectivity index (χ4v) is 19.1. The van der Waals surface area contributed by atoms with Gasteiger partial charge in [0, 0.05) is 74.5 Å². The minimum atomic E-state index is -0.381. The van der Waals surface area contributed by atoms with Gasteiger partial charge in [-0.3, -0.25) is 14.8 Å². The van der Waals surface area contributed by atoms with Gasteiger partial charge in [-0.2, -0.15) is 14.9 Å². The van der Waals surface area contributed by atoms with E-state index in [2.05, 4.69) is 131 Å². The SMILES string of the molecule is CC1(C)OB(c2ccnn2C2CCCCO2)OC1(C)C.Clc1ccnc2cc(I)sc12.Clc1ccnc2ccsc12.Nc1cc(Cl)c2sc(-c3ccnn3C3CCCCO3)cc2n1.Nc1cc(Cl)c2sc(I)cc2n1.O=c1cc[nH]c2ccsc12.[O-][n+]1ccc(Cl)c2sc(I)cc21. The third-order valence-corrected chi connectivity index (χ3v) is 26.2. The molecule has 3 fully saturated rings. The number of halogens is 8. The van der Waals surface area contributed by atoms with Gasteiger partial charge in [0.1, 0.15) is 22.6 Å². The van der Waals surface area contributed by atoms with E-state index in [0.29, 0.717) is 32.2 Å². The van der Waals surface area contributed by atoms with Crippen LogP contribution in [0, 0.1) is 13.9 Å². The van der Waals surface area contributed by atoms with E-state index < -0.39 is 0 Å². The number of nitrogens with zero attached hydrogens (tertiary/aromatic N) is 9. The van der Waals surface area contributed by atoms with Crippen LogP contribution < -0.4 is 27.2 Å². The first-order chi connectivity index (χ1) is 46.5. The number of rotatable bonds is 4. The maximum Gasteiger partial charge on any atom is 0.514 e. The van der Waals surface area contributed by atoms with E-state index in [1.807, 2.05) is 74.7 Å². The topological polar surface area (TPSA) is 236 Å². The first-order valence-corrected chi connectivity index (χ1v) is 39.9. The smallest absolute Gasteiger partial charge is 0.514 e. The van der Waals surface area contributed by atoms with Gasteiger partial charge in [-0.05, 0) is 199 Å². The van der Waals surface area contributed by atoms with E-state index in [1.54, 1.807) is 107 Å². The van der Waals surface area contributed by atoms with Crippen LogP contribution in [-0.4, -0.2) is 76.0 Å². The summed E-state index contributed by atoms with van der Waals surface area (Å²) in [6.07, 6.45) is 16.7. The maximum atomic E-state index is 11.2. The summed E-state index contributed by atoms with van der Waals surface area (Å²) in [6.45, 7) is 9.83. The van der Waals surface area contributed by atoms with Crippen molar-refractivity contribution in [2.24, 2.45) is 0 Å². The molecule has 2 unspecified atom stereocenters. The predicted molar refractivity (Wildman–Crippen MR) is 431 cm³/mol. The van der Waals surface area contributed by atoms with Crippen molar-refractivity contribution in [3.05, 3.63) is 182 Å². The second-order valence-electron chi connectivity index (χ2n) is 22.5. The fraction of sp³-hybridized carbons (Fsp3) is 0.250. The van der Waals surface area contributed by atoms with Crippen LogP contribution >= 0.6 is 194 Å². The number of aromatic nitrogens is 10. The third-order valence-electron chi connectivity index (χ3n) is 15.3. The number of aromatic amines is 1. The molecule has 2 atom stereocenters. The molecule has 0 aromatic carbocycles. The number of nitrogens with two attached hydrogens (primary N) is 2. The molecule has 14 aromatic rings. The molecular formula is C64H57BCl5I3N12O6S6. The van der Waals surface area contributed by atoms with Gasteiger partial charge in [0.05, 0.1) is 112 Å². The van der Waals surface area contributed by atoms with Crippen LogP contribution in [0.5, 0.6) is 0 Å². The van der Waals surface area contributed by atoms with Crippen LogP contribution in [0.25, 0.3) is 71.9 Å². The lowest BCUT2D eigenvalue weighted by atomic mass is 9.84. The zero-order valence-electron chi connectivity index (χ0n) is 51.7. The van der Waals surface area contributed by atoms with Crippen molar-refractivity contribution in [2.75, 3.05) is 24.7 Å². The van der Waals surface area contributed by atoms with Crippen molar-refractivity contribution in [3.8, 4) is 10.6 Å². The molecule has 3 aliphatic rings. The standard InChI is InChI=1S/C15H15ClN4OS.C14H23BN2O3.C7H4ClIN2S.C7H3ClINOS.C7H3ClINS.C7H4ClNS.C7H5NOS/c16-9-7-13(17)19-10-8-12(22-15(9)10)11-4-5-18-20(11)14-3-1-2-6-21-14;1-13(2)14(3,4)20-15(19-13)11-8-9-16-17(11)12-7-5-6-10-18-12;8-3-1-6(10)11-4-2-5(9)12-7(3)4;8-4-1-2-10(11)5-3-6(9)12-7(4)5;8-4-1-2-10-5-3-6(9)11-7(4)5;8-5-1-3-9-6-2-4-10-7(5)6;9-6-1-3-8-5-2-4-10-7(5)6/h4-5,7-8,14H,1-3,6H2,(H2,17,19);8-9,12H,5-7,10H2,1-4H3;1-2H,(H2,10,11);1-3H;1-3H;1-4H;1-4H,(H,8,9). The molecule has 33 heteroatoms. The van der Waals surface area contributed by atoms with Crippen molar-refractivity contribution < 1.29 is 23.5 Å². The summed E-state index contributed by atoms with van der Waals surface area (Å²) in [7, 11) is -0.381. The van der Waals surface area contributed by atoms with Gasteiger partial charge in [0.2, 0.25) is 5.52 Å². The van der Waals surface area contributed by atoms with Gasteiger partial charge >= 0.3 is 7.12 Å². The van der Waals surface area contributed by atoms with Gasteiger partial charge in [-0.25, -0.2) is 19.3 Å². The third kappa shape index (κ3) is 18.2. The molecule has 0 spiro atoms. The molecule has 17 rings (SSSR count). The Morgan fingerprint density at radius 1 is 0.588 bits per heavy atom. The highest BCUT2D eigenvalue weighted by Gasteiger charge is 2.53. The number of hydrogen-bond donors (Lipinski definition) is 3. The molecule has 5 N–H and O–H groups in total. The summed E-state index contributed by atoms with van der Waals surface area (Å²) in [5, 5.41) is 27.5. The minimum absolute atomic E-state index is 0.00720. The van der Waals surface area contributed by atoms with Crippen LogP contribution in [0.1, 0.15) is 78.7 Å². The van der Waals surface area contributed by atoms with Crippen molar-refractivity contribution in [3.63, 3.8) is 0 Å². The molecule has 0 saturated carbocycles. The van der Waals surface area contributed by atoms with Crippen LogP contribution in [0.3, 0.4) is 0 Å². The number of pyridine rings is 6. The van der Waals surface area contributed by atoms with E-state index in [9.17, 15) is 10.0 Å². The fourth-order valence-electron chi connectivity index (χ4n) is 9.98. The summed E-state index contributed by atoms with van der Waals surface area (Å²) < 4.78 is 37.8. The van der Waals surface area contributed by atoms with Crippen molar-refractivity contribution >= 4 is 279 Å². The Morgan fingerprint density at radius 3 is 1.74 bits per heavy atom. The summed E-state index contributed by atoms with van der Waals surface area (Å²) in [5.41, 5.74) is 18.0. The molecule has 0 bridgehead atoms. The Bertz CT molecular complexity index is 5030. The number of nitrogen functional groups attached to an aromatic ring is 2. The highest BCUT2D eigenvalue weighted by atomic mass is 127. The van der Waals surface area contributed by atoms with Gasteiger partial charge in [-0.1, -0.05) is 58.0 Å². The highest BCUT2D eigenvalue weighted by Crippen LogP contribution is 2.41. The van der Waals surface area contributed by atoms with Crippen LogP contribution in [-0.2, 0) is 18.8 Å². The molecule has 17 heterocycles. The number of anilines is 2. The number of ether oxygens (including phenoxy) is 2. The Hall–Kier alpha value is -4.18. The lowest BCUT2D eigenvalue weighted by molar-refractivity contribution is -0.576. The zero-order valence-corrected chi connectivity index (χ0v) is 66.8. The molecule has 0 radical (unpaired) electrons. The largest absolute Gasteiger partial charge is 0.618 e. The average molecular weight is 1850 g/mol. The van der Waals surface area contributed by atoms with Gasteiger partial charge in [0.15, 0.2) is 17.9 Å². The normalized spacial score (nSPS) is 16.3. The van der Waals surface area contributed by atoms with E-state index in [-0.39, 0.29) is 36.2 Å². The van der Waals surface area contributed by atoms with E-state index in [4.69, 9.17) is 88.3 Å². The minimum Gasteiger partial charge on any atom is -0.618 e. The second-order valence-corrected chi connectivity index (χ2v) is 36.2. The Labute approximate surface area is 647 Å². The van der Waals surface area contributed by atoms with Crippen LogP contribution in [0.4, 0.5) is 11.6 Å². The summed E-state index contributed by atoms with van der Waals surface area (Å²) >= 11 is 46.1. The predicted octanol–water partition coefficient (Wildman–Crippen LogP) is 20.0. The number of H-pyrrole nitrogens is 1. The average Bonchev–Trinajstić information content (AvgIpc) is 1.62. The molecule has 0 amide bonds. The Kier molecular flexibility index (Phi) is 25.4. The second kappa shape index (κ2) is 33.3. The molecule has 97 heavy (non-hydrogen) atoms. The molecule has 14 aromatic heterocycles. The van der Waals surface area contributed by atoms with Crippen molar-refractivity contribution in [1.82, 2.24) is 44.5 Å². The first-order valence-electron chi connectivity index (χ1n) is 29.7. The van der Waals surface area contributed by atoms with Gasteiger partial charge < -0.3 is 40.4 Å². The Balaban J connectivity index is 0.000000117. The monoisotopic (exact) mass is 1850 g/mol. The molecule has 0 aliphatic carbocycles. The molecule has 18 nitrogen and oxygen atoms in total. The van der Waals surface area contributed by atoms with Gasteiger partial charge in [0.25, 0.3) is 0 Å². The van der Waals surface area contributed by atoms with E-state index in [0.717, 1.165) is 129 Å². The molecular weight excluding hydrogens is 1790 g/mol. The van der Waals surface area contributed by atoms with Crippen LogP contribution in [0.2, 0.25) is 25.1 Å². The quantitative estimate of drug-likeness (QED) is 0.0643. The number of nitrogens with one attached hydrogen (secondary N) is 1. The first kappa shape index (κ1) is 74.0. The summed E-state index contributed by atoms with van der Waals surface area (Å²) in [6, 6.07) is 25.8. The molecule has 3 saturated heterocycles. The Morgan fingerprint density at radius 2 is 1.12 bits per heavy atom. The molecule has 504 valence electrons. The number of thiophene rings is 6. The highest BCUT2D eigenvalue weighted by molar-refractivity contribution is 14.1. The van der Waals surface area contributed by atoms with Crippen molar-refractivity contribution in [1.29, 1.82) is 0 Å². The molecule has 3 aliphatic heterocycles. The van der Waals surface area contributed by atoms with E-state index in [1.165, 1.54) is 47.5 Å². The van der Waals surface area contributed by atoms with Crippen LogP contribution in [0.15, 0.2) is 138 Å². The zero-order chi connectivity index (χ0) is 68.7. The summed E-state index contributed by atoms with van der Waals surface area (Å²) in [5.74, 6) is 0.910. The maximum absolute atomic E-state index is 11.2. The van der Waals surface area contributed by atoms with Crippen molar-refractivity contribution in [2.45, 2.75) is 89.9 Å². The van der Waals surface area contributed by atoms with E-state index >= 15 is 0 Å². The number of fused-ring (bicyclic) bond motifs is 6. The lowest BCUT2D eigenvalue weighted by Crippen LogP contribution is -2.42. The number of hydrogen-bond acceptors (Lipinski definition) is 20. The summed E-state index contributed by atoms with van der Waals surface area (Å²) in [4.78, 5) is 31.9. The van der Waals surface area contributed by atoms with Gasteiger partial charge in [-0.15, -0.1) is 68.0 Å². The lowest BCUT2D eigenvalue weighted by Gasteiger charge is -2.32.